The largest absolute Gasteiger partial charge is 0.455 e. The highest BCUT2D eigenvalue weighted by Crippen LogP contribution is 2.46. The Hall–Kier alpha value is -5.66. The van der Waals surface area contributed by atoms with Crippen LogP contribution in [0.2, 0.25) is 0 Å². The van der Waals surface area contributed by atoms with Crippen molar-refractivity contribution in [1.82, 2.24) is 0 Å². The molecule has 1 aromatic heterocycles. The Morgan fingerprint density at radius 2 is 0.977 bits per heavy atom. The van der Waals surface area contributed by atoms with Gasteiger partial charge in [-0.25, -0.2) is 0 Å². The fourth-order valence-corrected chi connectivity index (χ4v) is 6.45. The van der Waals surface area contributed by atoms with Crippen LogP contribution in [0.1, 0.15) is 11.0 Å². The van der Waals surface area contributed by atoms with Gasteiger partial charge in [0.05, 0.1) is 11.0 Å². The third kappa shape index (κ3) is 3.65. The molecule has 0 fully saturated rings. The summed E-state index contributed by atoms with van der Waals surface area (Å²) < 4.78 is 78.9. The van der Waals surface area contributed by atoms with Crippen molar-refractivity contribution in [3.63, 3.8) is 0 Å². The van der Waals surface area contributed by atoms with Crippen LogP contribution in [0.15, 0.2) is 162 Å². The van der Waals surface area contributed by atoms with Gasteiger partial charge in [-0.15, -0.1) is 0 Å². The van der Waals surface area contributed by atoms with E-state index in [1.54, 1.807) is 6.07 Å². The van der Waals surface area contributed by atoms with Gasteiger partial charge < -0.3 is 4.42 Å². The lowest BCUT2D eigenvalue weighted by molar-refractivity contribution is 0.670. The van der Waals surface area contributed by atoms with E-state index in [4.69, 9.17) is 9.90 Å². The van der Waals surface area contributed by atoms with Crippen molar-refractivity contribution in [2.45, 2.75) is 0 Å². The quantitative estimate of drug-likeness (QED) is 0.198. The van der Waals surface area contributed by atoms with Crippen LogP contribution in [0.5, 0.6) is 0 Å². The zero-order valence-corrected chi connectivity index (χ0v) is 22.8. The average Bonchev–Trinajstić information content (AvgIpc) is 3.55. The van der Waals surface area contributed by atoms with Crippen molar-refractivity contribution in [3.05, 3.63) is 158 Å². The highest BCUT2D eigenvalue weighted by Gasteiger charge is 2.20. The number of fused-ring (bicyclic) bond motifs is 6. The number of hydrogen-bond acceptors (Lipinski definition) is 1. The third-order valence-electron chi connectivity index (χ3n) is 8.30. The van der Waals surface area contributed by atoms with Crippen molar-refractivity contribution in [3.8, 4) is 33.4 Å². The van der Waals surface area contributed by atoms with Crippen LogP contribution in [0.25, 0.3) is 87.6 Å². The van der Waals surface area contributed by atoms with Crippen LogP contribution < -0.4 is 0 Å². The maximum Gasteiger partial charge on any atom is 0.143 e. The summed E-state index contributed by atoms with van der Waals surface area (Å²) in [6.07, 6.45) is 0. The maximum absolute atomic E-state index is 9.34. The second kappa shape index (κ2) is 9.44. The molecule has 0 unspecified atom stereocenters. The van der Waals surface area contributed by atoms with E-state index in [1.165, 1.54) is 0 Å². The zero-order chi connectivity index (χ0) is 35.3. The van der Waals surface area contributed by atoms with Gasteiger partial charge in [0, 0.05) is 21.9 Å². The van der Waals surface area contributed by atoms with Gasteiger partial charge in [0.2, 0.25) is 0 Å². The van der Waals surface area contributed by atoms with Crippen molar-refractivity contribution in [2.75, 3.05) is 0 Å². The summed E-state index contributed by atoms with van der Waals surface area (Å²) >= 11 is 0. The fraction of sp³-hybridized carbons (Fsp3) is 0. The van der Waals surface area contributed by atoms with Gasteiger partial charge in [-0.1, -0.05) is 145 Å². The van der Waals surface area contributed by atoms with Crippen LogP contribution in [-0.2, 0) is 0 Å². The van der Waals surface area contributed by atoms with Crippen molar-refractivity contribution in [1.29, 1.82) is 0 Å². The number of rotatable bonds is 3. The number of furan rings is 1. The van der Waals surface area contributed by atoms with E-state index in [1.807, 2.05) is 103 Å². The molecular formula is C42H26O. The fourth-order valence-electron chi connectivity index (χ4n) is 6.45. The standard InChI is InChI=1S/C42H26O/c1-2-16-30-27(12-1)13-10-22-31(30)28-14-9-15-29(26-28)40-33-18-3-5-20-35(33)41(36-21-6-4-19-34(36)40)38-24-11-23-37-32-17-7-8-25-39(32)43-42(37)38/h1-26H/i3D,4D,5D,6D,18D,19D,20D,21D. The molecule has 1 nitrogen and oxygen atoms in total. The highest BCUT2D eigenvalue weighted by atomic mass is 16.3. The van der Waals surface area contributed by atoms with Crippen LogP contribution >= 0.6 is 0 Å². The molecule has 0 saturated heterocycles. The molecule has 0 bridgehead atoms. The summed E-state index contributed by atoms with van der Waals surface area (Å²) in [6, 6.07) is 31.8. The van der Waals surface area contributed by atoms with Gasteiger partial charge in [-0.2, -0.15) is 0 Å². The Morgan fingerprint density at radius 1 is 0.419 bits per heavy atom. The van der Waals surface area contributed by atoms with Gasteiger partial charge in [0.1, 0.15) is 11.2 Å². The van der Waals surface area contributed by atoms with E-state index in [0.29, 0.717) is 27.9 Å². The summed E-state index contributed by atoms with van der Waals surface area (Å²) in [4.78, 5) is 0. The molecule has 0 N–H and O–H groups in total. The summed E-state index contributed by atoms with van der Waals surface area (Å²) in [7, 11) is 0. The molecule has 0 radical (unpaired) electrons. The Labute approximate surface area is 260 Å². The Morgan fingerprint density at radius 3 is 1.77 bits per heavy atom. The molecule has 43 heavy (non-hydrogen) atoms. The first-order chi connectivity index (χ1) is 24.7. The van der Waals surface area contributed by atoms with Gasteiger partial charge in [0.15, 0.2) is 0 Å². The highest BCUT2D eigenvalue weighted by molar-refractivity contribution is 6.24. The molecule has 9 aromatic rings. The first-order valence-corrected chi connectivity index (χ1v) is 14.1. The molecule has 200 valence electrons. The minimum atomic E-state index is -0.443. The van der Waals surface area contributed by atoms with Crippen molar-refractivity contribution in [2.24, 2.45) is 0 Å². The predicted octanol–water partition coefficient (Wildman–Crippen LogP) is 12.0. The van der Waals surface area contributed by atoms with E-state index in [9.17, 15) is 5.48 Å². The van der Waals surface area contributed by atoms with E-state index < -0.39 is 24.2 Å². The summed E-state index contributed by atoms with van der Waals surface area (Å²) in [5.74, 6) is 0. The first kappa shape index (κ1) is 17.3. The van der Waals surface area contributed by atoms with Gasteiger partial charge in [-0.05, 0) is 66.7 Å². The molecule has 0 amide bonds. The number of hydrogen-bond donors (Lipinski definition) is 0. The second-order valence-corrected chi connectivity index (χ2v) is 10.6. The normalized spacial score (nSPS) is 14.3. The minimum absolute atomic E-state index is 0.150. The van der Waals surface area contributed by atoms with Crippen LogP contribution in [0.3, 0.4) is 0 Å². The number of para-hydroxylation sites is 2. The zero-order valence-electron chi connectivity index (χ0n) is 30.8. The lowest BCUT2D eigenvalue weighted by Crippen LogP contribution is -1.91. The summed E-state index contributed by atoms with van der Waals surface area (Å²) in [5, 5.41) is 4.35. The molecule has 0 aliphatic heterocycles. The lowest BCUT2D eigenvalue weighted by Gasteiger charge is -2.18. The molecule has 0 spiro atoms. The monoisotopic (exact) mass is 554 g/mol. The Bertz CT molecular complexity index is 2880. The van der Waals surface area contributed by atoms with Gasteiger partial charge in [-0.3, -0.25) is 0 Å². The molecule has 1 heteroatoms. The molecule has 0 saturated carbocycles. The van der Waals surface area contributed by atoms with Crippen molar-refractivity contribution >= 4 is 54.3 Å². The Balaban J connectivity index is 1.51. The molecular weight excluding hydrogens is 520 g/mol. The Kier molecular flexibility index (Phi) is 3.80. The van der Waals surface area contributed by atoms with Crippen LogP contribution in [0, 0.1) is 0 Å². The summed E-state index contributed by atoms with van der Waals surface area (Å²) in [6.45, 7) is 0. The number of benzene rings is 8. The van der Waals surface area contributed by atoms with E-state index in [-0.39, 0.29) is 51.3 Å². The maximum atomic E-state index is 9.34. The second-order valence-electron chi connectivity index (χ2n) is 10.6. The van der Waals surface area contributed by atoms with Gasteiger partial charge in [0.25, 0.3) is 0 Å². The smallest absolute Gasteiger partial charge is 0.143 e. The predicted molar refractivity (Wildman–Crippen MR) is 183 cm³/mol. The molecule has 9 rings (SSSR count). The van der Waals surface area contributed by atoms with Crippen LogP contribution in [0.4, 0.5) is 0 Å². The van der Waals surface area contributed by atoms with E-state index in [2.05, 4.69) is 0 Å². The lowest BCUT2D eigenvalue weighted by atomic mass is 9.85. The van der Waals surface area contributed by atoms with Gasteiger partial charge >= 0.3 is 0 Å². The topological polar surface area (TPSA) is 13.1 Å². The van der Waals surface area contributed by atoms with Crippen LogP contribution in [-0.4, -0.2) is 0 Å². The SMILES string of the molecule is [2H]c1c([2H])c([2H])c2c(-c3cccc4c3oc3ccccc34)c3c([2H])c([2H])c([2H])c([2H])c3c(-c3cccc(-c4cccc5ccccc45)c3)c2c1[2H]. The molecule has 8 aromatic carbocycles. The molecule has 1 heterocycles. The minimum Gasteiger partial charge on any atom is -0.455 e. The summed E-state index contributed by atoms with van der Waals surface area (Å²) in [5.41, 5.74) is 4.47. The van der Waals surface area contributed by atoms with E-state index in [0.717, 1.165) is 32.7 Å². The van der Waals surface area contributed by atoms with E-state index >= 15 is 0 Å². The molecule has 0 aliphatic rings. The third-order valence-corrected chi connectivity index (χ3v) is 8.30. The van der Waals surface area contributed by atoms with Crippen molar-refractivity contribution < 1.29 is 15.4 Å². The molecule has 0 aliphatic carbocycles. The molecule has 0 atom stereocenters. The average molecular weight is 555 g/mol. The first-order valence-electron chi connectivity index (χ1n) is 18.1.